The van der Waals surface area contributed by atoms with Gasteiger partial charge in [-0.3, -0.25) is 0 Å². The highest BCUT2D eigenvalue weighted by molar-refractivity contribution is 5.35. The molecule has 0 bridgehead atoms. The fourth-order valence-corrected chi connectivity index (χ4v) is 2.28. The first-order chi connectivity index (χ1) is 9.00. The van der Waals surface area contributed by atoms with E-state index in [1.165, 1.54) is 16.7 Å². The van der Waals surface area contributed by atoms with E-state index in [0.29, 0.717) is 0 Å². The number of benzene rings is 1. The fourth-order valence-electron chi connectivity index (χ4n) is 2.28. The average molecular weight is 257 g/mol. The SMILES string of the molecule is CCc1ccc(C(C)(C)C)cc1CCc1cn[nH]n1. The second kappa shape index (κ2) is 5.55. The summed E-state index contributed by atoms with van der Waals surface area (Å²) in [4.78, 5) is 0. The van der Waals surface area contributed by atoms with E-state index in [2.05, 4.69) is 61.3 Å². The molecular formula is C16H23N3. The molecule has 0 saturated carbocycles. The van der Waals surface area contributed by atoms with Crippen LogP contribution >= 0.6 is 0 Å². The molecular weight excluding hydrogens is 234 g/mol. The summed E-state index contributed by atoms with van der Waals surface area (Å²) in [5.41, 5.74) is 5.52. The van der Waals surface area contributed by atoms with Crippen LogP contribution in [0.4, 0.5) is 0 Å². The Labute approximate surface area is 115 Å². The third kappa shape index (κ3) is 3.43. The lowest BCUT2D eigenvalue weighted by molar-refractivity contribution is 0.588. The summed E-state index contributed by atoms with van der Waals surface area (Å²) >= 11 is 0. The minimum atomic E-state index is 0.203. The third-order valence-electron chi connectivity index (χ3n) is 3.57. The summed E-state index contributed by atoms with van der Waals surface area (Å²) in [6.45, 7) is 8.99. The first-order valence-corrected chi connectivity index (χ1v) is 6.97. The van der Waals surface area contributed by atoms with E-state index in [1.807, 2.05) is 0 Å². The fraction of sp³-hybridized carbons (Fsp3) is 0.500. The standard InChI is InChI=1S/C16H23N3/c1-5-12-6-8-14(16(2,3)4)10-13(12)7-9-15-11-17-19-18-15/h6,8,10-11H,5,7,9H2,1-4H3,(H,17,18,19). The van der Waals surface area contributed by atoms with E-state index in [1.54, 1.807) is 6.20 Å². The Morgan fingerprint density at radius 1 is 1.11 bits per heavy atom. The van der Waals surface area contributed by atoms with Gasteiger partial charge in [0.2, 0.25) is 0 Å². The zero-order valence-electron chi connectivity index (χ0n) is 12.3. The van der Waals surface area contributed by atoms with Gasteiger partial charge in [0, 0.05) is 0 Å². The maximum absolute atomic E-state index is 4.12. The largest absolute Gasteiger partial charge is 0.198 e. The molecule has 1 aromatic carbocycles. The van der Waals surface area contributed by atoms with Gasteiger partial charge in [0.25, 0.3) is 0 Å². The number of nitrogens with one attached hydrogen (secondary N) is 1. The molecule has 102 valence electrons. The summed E-state index contributed by atoms with van der Waals surface area (Å²) in [7, 11) is 0. The predicted molar refractivity (Wildman–Crippen MR) is 78.3 cm³/mol. The summed E-state index contributed by atoms with van der Waals surface area (Å²) in [6, 6.07) is 6.90. The van der Waals surface area contributed by atoms with Crippen molar-refractivity contribution in [1.29, 1.82) is 0 Å². The van der Waals surface area contributed by atoms with E-state index in [9.17, 15) is 0 Å². The second-order valence-corrected chi connectivity index (χ2v) is 6.05. The molecule has 0 spiro atoms. The predicted octanol–water partition coefficient (Wildman–Crippen LogP) is 3.45. The molecule has 0 atom stereocenters. The van der Waals surface area contributed by atoms with Crippen molar-refractivity contribution >= 4 is 0 Å². The van der Waals surface area contributed by atoms with Crippen LogP contribution in [0, 0.1) is 0 Å². The summed E-state index contributed by atoms with van der Waals surface area (Å²) in [6.07, 6.45) is 4.86. The Bertz CT molecular complexity index is 521. The van der Waals surface area contributed by atoms with Gasteiger partial charge in [0.05, 0.1) is 11.9 Å². The smallest absolute Gasteiger partial charge is 0.0828 e. The Kier molecular flexibility index (Phi) is 4.03. The Balaban J connectivity index is 2.21. The van der Waals surface area contributed by atoms with Crippen molar-refractivity contribution in [3.63, 3.8) is 0 Å². The van der Waals surface area contributed by atoms with Crippen LogP contribution in [-0.4, -0.2) is 15.4 Å². The lowest BCUT2D eigenvalue weighted by Gasteiger charge is -2.21. The molecule has 0 aliphatic carbocycles. The molecule has 0 aliphatic heterocycles. The summed E-state index contributed by atoms with van der Waals surface area (Å²) in [5, 5.41) is 10.6. The van der Waals surface area contributed by atoms with Crippen LogP contribution in [0.2, 0.25) is 0 Å². The number of hydrogen-bond acceptors (Lipinski definition) is 2. The van der Waals surface area contributed by atoms with Crippen molar-refractivity contribution in [2.75, 3.05) is 0 Å². The van der Waals surface area contributed by atoms with Crippen molar-refractivity contribution < 1.29 is 0 Å². The number of aryl methyl sites for hydroxylation is 3. The summed E-state index contributed by atoms with van der Waals surface area (Å²) in [5.74, 6) is 0. The molecule has 3 nitrogen and oxygen atoms in total. The van der Waals surface area contributed by atoms with E-state index in [0.717, 1.165) is 25.0 Å². The highest BCUT2D eigenvalue weighted by atomic mass is 15.3. The Morgan fingerprint density at radius 3 is 2.47 bits per heavy atom. The molecule has 0 saturated heterocycles. The van der Waals surface area contributed by atoms with Crippen molar-refractivity contribution in [3.8, 4) is 0 Å². The van der Waals surface area contributed by atoms with Crippen molar-refractivity contribution in [2.24, 2.45) is 0 Å². The average Bonchev–Trinajstić information content (AvgIpc) is 2.88. The second-order valence-electron chi connectivity index (χ2n) is 6.05. The molecule has 1 N–H and O–H groups in total. The molecule has 19 heavy (non-hydrogen) atoms. The number of H-pyrrole nitrogens is 1. The number of hydrogen-bond donors (Lipinski definition) is 1. The third-order valence-corrected chi connectivity index (χ3v) is 3.57. The van der Waals surface area contributed by atoms with Gasteiger partial charge in [-0.25, -0.2) is 0 Å². The van der Waals surface area contributed by atoms with E-state index >= 15 is 0 Å². The van der Waals surface area contributed by atoms with E-state index in [-0.39, 0.29) is 5.41 Å². The van der Waals surface area contributed by atoms with E-state index in [4.69, 9.17) is 0 Å². The number of rotatable bonds is 4. The van der Waals surface area contributed by atoms with Crippen molar-refractivity contribution in [3.05, 3.63) is 46.8 Å². The van der Waals surface area contributed by atoms with Gasteiger partial charge in [-0.05, 0) is 41.4 Å². The number of nitrogens with zero attached hydrogens (tertiary/aromatic N) is 2. The number of aromatic amines is 1. The van der Waals surface area contributed by atoms with Crippen LogP contribution in [-0.2, 0) is 24.7 Å². The van der Waals surface area contributed by atoms with Crippen LogP contribution in [0.1, 0.15) is 50.1 Å². The molecule has 0 fully saturated rings. The Morgan fingerprint density at radius 2 is 1.89 bits per heavy atom. The molecule has 0 amide bonds. The van der Waals surface area contributed by atoms with Crippen molar-refractivity contribution in [1.82, 2.24) is 15.4 Å². The molecule has 2 rings (SSSR count). The highest BCUT2D eigenvalue weighted by Crippen LogP contribution is 2.25. The zero-order valence-corrected chi connectivity index (χ0v) is 12.3. The topological polar surface area (TPSA) is 41.6 Å². The normalized spacial score (nSPS) is 11.8. The molecule has 0 unspecified atom stereocenters. The monoisotopic (exact) mass is 257 g/mol. The number of aromatic nitrogens is 3. The van der Waals surface area contributed by atoms with Gasteiger partial charge < -0.3 is 0 Å². The zero-order chi connectivity index (χ0) is 13.9. The summed E-state index contributed by atoms with van der Waals surface area (Å²) < 4.78 is 0. The van der Waals surface area contributed by atoms with Crippen LogP contribution in [0.5, 0.6) is 0 Å². The molecule has 0 aliphatic rings. The minimum absolute atomic E-state index is 0.203. The minimum Gasteiger partial charge on any atom is -0.198 e. The van der Waals surface area contributed by atoms with Gasteiger partial charge >= 0.3 is 0 Å². The molecule has 0 radical (unpaired) electrons. The van der Waals surface area contributed by atoms with Crippen LogP contribution in [0.3, 0.4) is 0 Å². The first-order valence-electron chi connectivity index (χ1n) is 6.97. The van der Waals surface area contributed by atoms with Gasteiger partial charge in [0.1, 0.15) is 0 Å². The quantitative estimate of drug-likeness (QED) is 0.911. The van der Waals surface area contributed by atoms with Gasteiger partial charge in [-0.1, -0.05) is 45.9 Å². The maximum Gasteiger partial charge on any atom is 0.0828 e. The van der Waals surface area contributed by atoms with Crippen LogP contribution in [0.25, 0.3) is 0 Å². The van der Waals surface area contributed by atoms with Gasteiger partial charge in [-0.15, -0.1) is 0 Å². The Hall–Kier alpha value is -1.64. The lowest BCUT2D eigenvalue weighted by Crippen LogP contribution is -2.12. The van der Waals surface area contributed by atoms with Crippen LogP contribution in [0.15, 0.2) is 24.4 Å². The highest BCUT2D eigenvalue weighted by Gasteiger charge is 2.15. The molecule has 3 heteroatoms. The maximum atomic E-state index is 4.12. The van der Waals surface area contributed by atoms with Crippen molar-refractivity contribution in [2.45, 2.75) is 52.4 Å². The van der Waals surface area contributed by atoms with Gasteiger partial charge in [0.15, 0.2) is 0 Å². The van der Waals surface area contributed by atoms with E-state index < -0.39 is 0 Å². The first kappa shape index (κ1) is 13.8. The molecule has 1 aromatic heterocycles. The van der Waals surface area contributed by atoms with Crippen LogP contribution < -0.4 is 0 Å². The molecule has 1 heterocycles. The van der Waals surface area contributed by atoms with Gasteiger partial charge in [-0.2, -0.15) is 15.4 Å². The molecule has 2 aromatic rings. The lowest BCUT2D eigenvalue weighted by atomic mass is 9.84.